The number of hydrogen-bond donors (Lipinski definition) is 1. The summed E-state index contributed by atoms with van der Waals surface area (Å²) in [5, 5.41) is 3.12. The van der Waals surface area contributed by atoms with Crippen molar-refractivity contribution < 1.29 is 18.7 Å². The van der Waals surface area contributed by atoms with Gasteiger partial charge in [0.25, 0.3) is 5.91 Å². The van der Waals surface area contributed by atoms with Gasteiger partial charge in [-0.2, -0.15) is 0 Å². The Balaban J connectivity index is 1.71. The maximum atomic E-state index is 13.1. The molecule has 0 aliphatic heterocycles. The second-order valence-corrected chi connectivity index (χ2v) is 8.21. The van der Waals surface area contributed by atoms with E-state index in [0.29, 0.717) is 12.3 Å². The fourth-order valence-electron chi connectivity index (χ4n) is 3.88. The van der Waals surface area contributed by atoms with Crippen molar-refractivity contribution in [1.82, 2.24) is 10.2 Å². The van der Waals surface area contributed by atoms with E-state index in [0.717, 1.165) is 36.8 Å². The molecule has 0 aromatic heterocycles. The van der Waals surface area contributed by atoms with Crippen molar-refractivity contribution in [3.8, 4) is 5.75 Å². The zero-order chi connectivity index (χ0) is 22.2. The highest BCUT2D eigenvalue weighted by atomic mass is 19.1. The van der Waals surface area contributed by atoms with Crippen LogP contribution in [0, 0.1) is 12.7 Å². The van der Waals surface area contributed by atoms with E-state index in [1.54, 1.807) is 11.8 Å². The molecule has 2 aromatic rings. The van der Waals surface area contributed by atoms with Crippen LogP contribution in [0.1, 0.15) is 50.2 Å². The van der Waals surface area contributed by atoms with Crippen molar-refractivity contribution >= 4 is 11.8 Å². The average Bonchev–Trinajstić information content (AvgIpc) is 2.78. The summed E-state index contributed by atoms with van der Waals surface area (Å²) in [5.74, 6) is -0.396. The van der Waals surface area contributed by atoms with Crippen molar-refractivity contribution in [3.05, 3.63) is 65.5 Å². The molecule has 0 saturated heterocycles. The Labute approximate surface area is 183 Å². The minimum absolute atomic E-state index is 0.143. The number of nitrogens with one attached hydrogen (secondary N) is 1. The summed E-state index contributed by atoms with van der Waals surface area (Å²) in [6, 6.07) is 12.9. The van der Waals surface area contributed by atoms with E-state index in [4.69, 9.17) is 4.74 Å². The molecule has 0 heterocycles. The second kappa shape index (κ2) is 10.9. The van der Waals surface area contributed by atoms with Crippen LogP contribution in [0.15, 0.2) is 48.5 Å². The predicted molar refractivity (Wildman–Crippen MR) is 118 cm³/mol. The lowest BCUT2D eigenvalue weighted by molar-refractivity contribution is -0.142. The largest absolute Gasteiger partial charge is 0.484 e. The molecule has 5 nitrogen and oxygen atoms in total. The predicted octanol–water partition coefficient (Wildman–Crippen LogP) is 4.38. The fraction of sp³-hybridized carbons (Fsp3) is 0.440. The number of nitrogens with zero attached hydrogens (tertiary/aromatic N) is 1. The van der Waals surface area contributed by atoms with Crippen LogP contribution in [0.4, 0.5) is 4.39 Å². The van der Waals surface area contributed by atoms with E-state index < -0.39 is 6.04 Å². The number of hydrogen-bond acceptors (Lipinski definition) is 3. The molecule has 166 valence electrons. The molecule has 2 aromatic carbocycles. The van der Waals surface area contributed by atoms with Crippen LogP contribution < -0.4 is 10.1 Å². The molecule has 31 heavy (non-hydrogen) atoms. The molecule has 0 unspecified atom stereocenters. The Morgan fingerprint density at radius 3 is 2.45 bits per heavy atom. The first-order valence-corrected chi connectivity index (χ1v) is 11.0. The molecule has 1 atom stereocenters. The summed E-state index contributed by atoms with van der Waals surface area (Å²) in [7, 11) is 0. The number of rotatable bonds is 8. The van der Waals surface area contributed by atoms with Crippen LogP contribution in [0.3, 0.4) is 0 Å². The SMILES string of the molecule is Cc1ccccc1CN(C(=O)COc1ccc(F)cc1)[C@H](C)C(=O)NC1CCCCC1. The molecule has 2 amide bonds. The number of amides is 2. The molecular weight excluding hydrogens is 395 g/mol. The number of aryl methyl sites for hydroxylation is 1. The smallest absolute Gasteiger partial charge is 0.261 e. The summed E-state index contributed by atoms with van der Waals surface area (Å²) in [6.45, 7) is 3.84. The summed E-state index contributed by atoms with van der Waals surface area (Å²) >= 11 is 0. The Morgan fingerprint density at radius 1 is 1.10 bits per heavy atom. The van der Waals surface area contributed by atoms with E-state index >= 15 is 0 Å². The minimum Gasteiger partial charge on any atom is -0.484 e. The van der Waals surface area contributed by atoms with E-state index in [2.05, 4.69) is 5.32 Å². The molecule has 1 saturated carbocycles. The summed E-state index contributed by atoms with van der Waals surface area (Å²) in [6.07, 6.45) is 5.42. The van der Waals surface area contributed by atoms with Crippen LogP contribution >= 0.6 is 0 Å². The topological polar surface area (TPSA) is 58.6 Å². The first kappa shape index (κ1) is 22.8. The van der Waals surface area contributed by atoms with Gasteiger partial charge in [0.15, 0.2) is 6.61 Å². The van der Waals surface area contributed by atoms with E-state index in [1.165, 1.54) is 30.7 Å². The van der Waals surface area contributed by atoms with Crippen LogP contribution in [0.25, 0.3) is 0 Å². The Bertz CT molecular complexity index is 879. The fourth-order valence-corrected chi connectivity index (χ4v) is 3.88. The third-order valence-electron chi connectivity index (χ3n) is 5.90. The van der Waals surface area contributed by atoms with Gasteiger partial charge in [0, 0.05) is 12.6 Å². The Morgan fingerprint density at radius 2 is 1.77 bits per heavy atom. The van der Waals surface area contributed by atoms with Gasteiger partial charge in [-0.1, -0.05) is 43.5 Å². The summed E-state index contributed by atoms with van der Waals surface area (Å²) in [5.41, 5.74) is 2.04. The van der Waals surface area contributed by atoms with Crippen LogP contribution in [0.2, 0.25) is 0 Å². The Kier molecular flexibility index (Phi) is 8.04. The summed E-state index contributed by atoms with van der Waals surface area (Å²) < 4.78 is 18.7. The van der Waals surface area contributed by atoms with Gasteiger partial charge in [-0.15, -0.1) is 0 Å². The highest BCUT2D eigenvalue weighted by Gasteiger charge is 2.28. The molecule has 6 heteroatoms. The molecule has 0 bridgehead atoms. The van der Waals surface area contributed by atoms with Gasteiger partial charge in [-0.05, 0) is 62.1 Å². The third-order valence-corrected chi connectivity index (χ3v) is 5.90. The van der Waals surface area contributed by atoms with Gasteiger partial charge in [-0.3, -0.25) is 9.59 Å². The normalized spacial score (nSPS) is 15.2. The van der Waals surface area contributed by atoms with Crippen molar-refractivity contribution in [2.24, 2.45) is 0 Å². The lowest BCUT2D eigenvalue weighted by atomic mass is 9.95. The van der Waals surface area contributed by atoms with Gasteiger partial charge >= 0.3 is 0 Å². The van der Waals surface area contributed by atoms with E-state index in [-0.39, 0.29) is 30.3 Å². The zero-order valence-electron chi connectivity index (χ0n) is 18.3. The van der Waals surface area contributed by atoms with Crippen LogP contribution in [0.5, 0.6) is 5.75 Å². The van der Waals surface area contributed by atoms with Gasteiger partial charge in [0.05, 0.1) is 0 Å². The van der Waals surface area contributed by atoms with E-state index in [9.17, 15) is 14.0 Å². The highest BCUT2D eigenvalue weighted by Crippen LogP contribution is 2.19. The number of carbonyl (C=O) groups excluding carboxylic acids is 2. The Hall–Kier alpha value is -2.89. The number of ether oxygens (including phenoxy) is 1. The lowest BCUT2D eigenvalue weighted by Gasteiger charge is -2.31. The molecule has 1 aliphatic rings. The van der Waals surface area contributed by atoms with Crippen molar-refractivity contribution in [2.45, 2.75) is 64.6 Å². The molecular formula is C25H31FN2O3. The minimum atomic E-state index is -0.633. The standard InChI is InChI=1S/C25H31FN2O3/c1-18-8-6-7-9-20(18)16-28(19(2)25(30)27-22-10-4-3-5-11-22)24(29)17-31-23-14-12-21(26)13-15-23/h6-9,12-15,19,22H,3-5,10-11,16-17H2,1-2H3,(H,27,30)/t19-/m1/s1. The van der Waals surface area contributed by atoms with Gasteiger partial charge < -0.3 is 15.0 Å². The first-order chi connectivity index (χ1) is 14.9. The molecule has 1 N–H and O–H groups in total. The monoisotopic (exact) mass is 426 g/mol. The molecule has 1 aliphatic carbocycles. The van der Waals surface area contributed by atoms with Crippen LogP contribution in [-0.2, 0) is 16.1 Å². The number of carbonyl (C=O) groups is 2. The second-order valence-electron chi connectivity index (χ2n) is 8.21. The molecule has 3 rings (SSSR count). The summed E-state index contributed by atoms with van der Waals surface area (Å²) in [4.78, 5) is 27.6. The van der Waals surface area contributed by atoms with Gasteiger partial charge in [0.2, 0.25) is 5.91 Å². The van der Waals surface area contributed by atoms with E-state index in [1.807, 2.05) is 31.2 Å². The quantitative estimate of drug-likeness (QED) is 0.682. The van der Waals surface area contributed by atoms with Crippen molar-refractivity contribution in [3.63, 3.8) is 0 Å². The molecule has 0 spiro atoms. The van der Waals surface area contributed by atoms with Gasteiger partial charge in [0.1, 0.15) is 17.6 Å². The molecule has 0 radical (unpaired) electrons. The highest BCUT2D eigenvalue weighted by molar-refractivity contribution is 5.88. The number of halogens is 1. The third kappa shape index (κ3) is 6.54. The maximum Gasteiger partial charge on any atom is 0.261 e. The first-order valence-electron chi connectivity index (χ1n) is 11.0. The lowest BCUT2D eigenvalue weighted by Crippen LogP contribution is -2.51. The van der Waals surface area contributed by atoms with Crippen LogP contribution in [-0.4, -0.2) is 35.4 Å². The number of benzene rings is 2. The zero-order valence-corrected chi connectivity index (χ0v) is 18.3. The van der Waals surface area contributed by atoms with Crippen molar-refractivity contribution in [2.75, 3.05) is 6.61 Å². The average molecular weight is 427 g/mol. The molecule has 1 fully saturated rings. The van der Waals surface area contributed by atoms with Gasteiger partial charge in [-0.25, -0.2) is 4.39 Å². The maximum absolute atomic E-state index is 13.1. The van der Waals surface area contributed by atoms with Crippen molar-refractivity contribution in [1.29, 1.82) is 0 Å².